The monoisotopic (exact) mass is 201 g/mol. The highest BCUT2D eigenvalue weighted by Crippen LogP contribution is 2.32. The van der Waals surface area contributed by atoms with E-state index in [4.69, 9.17) is 5.73 Å². The first-order valence-electron chi connectivity index (χ1n) is 4.15. The Labute approximate surface area is 82.4 Å². The van der Waals surface area contributed by atoms with Gasteiger partial charge in [-0.2, -0.15) is 23.1 Å². The Morgan fingerprint density at radius 3 is 2.83 bits per heavy atom. The van der Waals surface area contributed by atoms with E-state index >= 15 is 0 Å². The molecule has 0 aliphatic carbocycles. The van der Waals surface area contributed by atoms with Gasteiger partial charge in [-0.1, -0.05) is 6.92 Å². The van der Waals surface area contributed by atoms with Crippen molar-refractivity contribution in [1.82, 2.24) is 0 Å². The molecule has 0 bridgehead atoms. The van der Waals surface area contributed by atoms with Gasteiger partial charge in [0, 0.05) is 11.3 Å². The predicted molar refractivity (Wildman–Crippen MR) is 58.8 cm³/mol. The lowest BCUT2D eigenvalue weighted by molar-refractivity contribution is 0.723. The fourth-order valence-electron chi connectivity index (χ4n) is 1.17. The van der Waals surface area contributed by atoms with Crippen LogP contribution >= 0.6 is 23.1 Å². The number of nitrogens with two attached hydrogens (primary N) is 1. The summed E-state index contributed by atoms with van der Waals surface area (Å²) < 4.78 is 0. The molecule has 0 spiro atoms. The molecule has 2 N–H and O–H groups in total. The number of hydrogen-bond donors (Lipinski definition) is 1. The third kappa shape index (κ3) is 2.51. The largest absolute Gasteiger partial charge is 0.327 e. The van der Waals surface area contributed by atoms with Crippen LogP contribution in [0.4, 0.5) is 0 Å². The van der Waals surface area contributed by atoms with Crippen LogP contribution < -0.4 is 5.73 Å². The molecule has 0 saturated heterocycles. The number of hydrogen-bond acceptors (Lipinski definition) is 3. The van der Waals surface area contributed by atoms with Crippen molar-refractivity contribution in [3.8, 4) is 0 Å². The Balaban J connectivity index is 2.66. The van der Waals surface area contributed by atoms with Crippen LogP contribution in [0.5, 0.6) is 0 Å². The lowest BCUT2D eigenvalue weighted by Gasteiger charge is -2.18. The maximum Gasteiger partial charge on any atom is 0.0453 e. The van der Waals surface area contributed by atoms with Crippen LogP contribution in [0.25, 0.3) is 0 Å². The smallest absolute Gasteiger partial charge is 0.0453 e. The first kappa shape index (κ1) is 10.1. The summed E-state index contributed by atoms with van der Waals surface area (Å²) in [7, 11) is 0. The van der Waals surface area contributed by atoms with Gasteiger partial charge in [0.2, 0.25) is 0 Å². The van der Waals surface area contributed by atoms with Crippen LogP contribution in [0.1, 0.15) is 24.7 Å². The van der Waals surface area contributed by atoms with Gasteiger partial charge in [0.25, 0.3) is 0 Å². The average Bonchev–Trinajstić information content (AvgIpc) is 2.51. The minimum Gasteiger partial charge on any atom is -0.327 e. The van der Waals surface area contributed by atoms with Gasteiger partial charge in [-0.25, -0.2) is 0 Å². The number of rotatable bonds is 4. The molecule has 1 heterocycles. The molecule has 1 nitrogen and oxygen atoms in total. The second kappa shape index (κ2) is 4.90. The van der Waals surface area contributed by atoms with E-state index in [1.165, 1.54) is 5.56 Å². The second-order valence-electron chi connectivity index (χ2n) is 2.79. The maximum atomic E-state index is 5.90. The van der Waals surface area contributed by atoms with Crippen molar-refractivity contribution < 1.29 is 0 Å². The van der Waals surface area contributed by atoms with Crippen LogP contribution in [0, 0.1) is 0 Å². The van der Waals surface area contributed by atoms with E-state index in [1.54, 1.807) is 11.3 Å². The van der Waals surface area contributed by atoms with Gasteiger partial charge in [0.15, 0.2) is 0 Å². The molecule has 0 radical (unpaired) electrons. The van der Waals surface area contributed by atoms with Crippen molar-refractivity contribution in [3.63, 3.8) is 0 Å². The lowest BCUT2D eigenvalue weighted by Crippen LogP contribution is -2.22. The molecule has 0 amide bonds. The summed E-state index contributed by atoms with van der Waals surface area (Å²) in [6.07, 6.45) is 0. The van der Waals surface area contributed by atoms with E-state index in [-0.39, 0.29) is 6.04 Å². The fourth-order valence-corrected chi connectivity index (χ4v) is 2.95. The van der Waals surface area contributed by atoms with Gasteiger partial charge in [-0.3, -0.25) is 0 Å². The third-order valence-electron chi connectivity index (χ3n) is 1.70. The molecule has 3 heteroatoms. The highest BCUT2D eigenvalue weighted by Gasteiger charge is 2.15. The highest BCUT2D eigenvalue weighted by atomic mass is 32.2. The Bertz CT molecular complexity index is 206. The molecule has 0 saturated carbocycles. The second-order valence-corrected chi connectivity index (χ2v) is 4.99. The number of thiophene rings is 1. The molecule has 0 aliphatic heterocycles. The third-order valence-corrected chi connectivity index (χ3v) is 3.79. The van der Waals surface area contributed by atoms with Gasteiger partial charge in [-0.05, 0) is 35.1 Å². The topological polar surface area (TPSA) is 26.0 Å². The van der Waals surface area contributed by atoms with Crippen LogP contribution in [0.15, 0.2) is 16.8 Å². The van der Waals surface area contributed by atoms with Gasteiger partial charge >= 0.3 is 0 Å². The van der Waals surface area contributed by atoms with E-state index < -0.39 is 0 Å². The van der Waals surface area contributed by atoms with Crippen LogP contribution in [0.2, 0.25) is 0 Å². The van der Waals surface area contributed by atoms with E-state index in [1.807, 2.05) is 11.8 Å². The summed E-state index contributed by atoms with van der Waals surface area (Å²) >= 11 is 3.67. The van der Waals surface area contributed by atoms with Crippen molar-refractivity contribution in [2.75, 3.05) is 5.75 Å². The standard InChI is InChI=1S/C9H15NS2/c1-3-12-9(7(2)10)8-4-5-11-6-8/h4-7,9H,3,10H2,1-2H3. The van der Waals surface area contributed by atoms with Crippen molar-refractivity contribution >= 4 is 23.1 Å². The van der Waals surface area contributed by atoms with E-state index in [0.29, 0.717) is 5.25 Å². The quantitative estimate of drug-likeness (QED) is 0.810. The first-order valence-corrected chi connectivity index (χ1v) is 6.14. The minimum absolute atomic E-state index is 0.240. The zero-order valence-corrected chi connectivity index (χ0v) is 9.12. The zero-order chi connectivity index (χ0) is 8.97. The maximum absolute atomic E-state index is 5.90. The summed E-state index contributed by atoms with van der Waals surface area (Å²) in [5.41, 5.74) is 7.27. The molecular weight excluding hydrogens is 186 g/mol. The molecule has 2 unspecified atom stereocenters. The molecule has 1 aromatic rings. The molecule has 12 heavy (non-hydrogen) atoms. The zero-order valence-electron chi connectivity index (χ0n) is 7.49. The normalized spacial score (nSPS) is 15.9. The fraction of sp³-hybridized carbons (Fsp3) is 0.556. The van der Waals surface area contributed by atoms with Gasteiger partial charge in [0.1, 0.15) is 0 Å². The first-order chi connectivity index (χ1) is 5.75. The molecular formula is C9H15NS2. The van der Waals surface area contributed by atoms with Crippen molar-refractivity contribution in [1.29, 1.82) is 0 Å². The summed E-state index contributed by atoms with van der Waals surface area (Å²) in [4.78, 5) is 0. The van der Waals surface area contributed by atoms with E-state index in [0.717, 1.165) is 5.75 Å². The summed E-state index contributed by atoms with van der Waals surface area (Å²) in [5.74, 6) is 1.13. The van der Waals surface area contributed by atoms with Gasteiger partial charge < -0.3 is 5.73 Å². The Hall–Kier alpha value is 0.01000. The lowest BCUT2D eigenvalue weighted by atomic mass is 10.1. The SMILES string of the molecule is CCSC(c1ccsc1)C(C)N. The van der Waals surface area contributed by atoms with Crippen LogP contribution in [0.3, 0.4) is 0 Å². The molecule has 1 rings (SSSR count). The Morgan fingerprint density at radius 2 is 2.42 bits per heavy atom. The molecule has 0 aliphatic rings. The van der Waals surface area contributed by atoms with Crippen molar-refractivity contribution in [2.45, 2.75) is 25.1 Å². The Morgan fingerprint density at radius 1 is 1.67 bits per heavy atom. The predicted octanol–water partition coefficient (Wildman–Crippen LogP) is 2.89. The molecule has 68 valence electrons. The van der Waals surface area contributed by atoms with Crippen LogP contribution in [-0.4, -0.2) is 11.8 Å². The van der Waals surface area contributed by atoms with Crippen molar-refractivity contribution in [3.05, 3.63) is 22.4 Å². The molecule has 0 aromatic carbocycles. The number of thioether (sulfide) groups is 1. The summed E-state index contributed by atoms with van der Waals surface area (Å²) in [6, 6.07) is 2.41. The van der Waals surface area contributed by atoms with Gasteiger partial charge in [0.05, 0.1) is 0 Å². The van der Waals surface area contributed by atoms with Crippen molar-refractivity contribution in [2.24, 2.45) is 5.73 Å². The summed E-state index contributed by atoms with van der Waals surface area (Å²) in [5, 5.41) is 4.78. The molecule has 2 atom stereocenters. The van der Waals surface area contributed by atoms with Gasteiger partial charge in [-0.15, -0.1) is 0 Å². The van der Waals surface area contributed by atoms with E-state index in [9.17, 15) is 0 Å². The molecule has 0 fully saturated rings. The Kier molecular flexibility index (Phi) is 4.12. The van der Waals surface area contributed by atoms with E-state index in [2.05, 4.69) is 30.7 Å². The van der Waals surface area contributed by atoms with Crippen LogP contribution in [-0.2, 0) is 0 Å². The average molecular weight is 201 g/mol. The minimum atomic E-state index is 0.240. The highest BCUT2D eigenvalue weighted by molar-refractivity contribution is 7.99. The summed E-state index contributed by atoms with van der Waals surface area (Å²) in [6.45, 7) is 4.25. The molecule has 1 aromatic heterocycles.